The second-order valence-corrected chi connectivity index (χ2v) is 11.5. The number of hydrogen-bond donors (Lipinski definition) is 0. The summed E-state index contributed by atoms with van der Waals surface area (Å²) in [6, 6.07) is 11.5. The molecule has 1 aromatic heterocycles. The van der Waals surface area contributed by atoms with Gasteiger partial charge in [-0.3, -0.25) is 0 Å². The lowest BCUT2D eigenvalue weighted by Gasteiger charge is -2.18. The van der Waals surface area contributed by atoms with Gasteiger partial charge < -0.3 is 4.42 Å². The van der Waals surface area contributed by atoms with Crippen LogP contribution in [0.4, 0.5) is 0 Å². The van der Waals surface area contributed by atoms with Crippen LogP contribution in [0, 0.1) is 0 Å². The van der Waals surface area contributed by atoms with E-state index in [1.807, 2.05) is 0 Å². The van der Waals surface area contributed by atoms with Gasteiger partial charge in [-0.15, -0.1) is 0 Å². The highest BCUT2D eigenvalue weighted by atomic mass is 16.3. The third kappa shape index (κ3) is 4.26. The Morgan fingerprint density at radius 2 is 0.939 bits per heavy atom. The molecule has 49 heavy (non-hydrogen) atoms. The Bertz CT molecular complexity index is 3750. The minimum absolute atomic E-state index is 0.0691. The van der Waals surface area contributed by atoms with E-state index >= 15 is 0 Å². The Balaban J connectivity index is 1.57. The third-order valence-corrected chi connectivity index (χ3v) is 8.84. The van der Waals surface area contributed by atoms with Crippen LogP contribution in [0.3, 0.4) is 0 Å². The molecule has 0 spiro atoms. The second-order valence-electron chi connectivity index (χ2n) is 11.5. The molecule has 0 N–H and O–H groups in total. The fourth-order valence-electron chi connectivity index (χ4n) is 6.76. The molecule has 10 rings (SSSR count). The van der Waals surface area contributed by atoms with Crippen LogP contribution in [0.5, 0.6) is 0 Å². The van der Waals surface area contributed by atoms with Gasteiger partial charge in [0.15, 0.2) is 0 Å². The molecule has 9 aromatic carbocycles. The van der Waals surface area contributed by atoms with Crippen LogP contribution in [0.2, 0.25) is 0 Å². The lowest BCUT2D eigenvalue weighted by Crippen LogP contribution is -1.92. The van der Waals surface area contributed by atoms with Crippen molar-refractivity contribution in [3.63, 3.8) is 0 Å². The van der Waals surface area contributed by atoms with E-state index in [1.165, 1.54) is 0 Å². The average molecular weight is 640 g/mol. The summed E-state index contributed by atoms with van der Waals surface area (Å²) in [6.45, 7) is 0. The summed E-state index contributed by atoms with van der Waals surface area (Å²) in [5.74, 6) is -0.333. The van der Waals surface area contributed by atoms with Crippen LogP contribution >= 0.6 is 0 Å². The summed E-state index contributed by atoms with van der Waals surface area (Å²) in [6.07, 6.45) is 0. The molecule has 0 aliphatic carbocycles. The van der Waals surface area contributed by atoms with E-state index in [9.17, 15) is 12.3 Å². The SMILES string of the molecule is [2H]c1c([2H])c([2H])c2c(-c3c(-c4c([2H])c([2H])c([2H])c5c4c([2H])c([2H])c4c([2H])c([2H])c([2H])c([2H])c45)oc4c(-c5ccccc5)cccc34)c3c([2H])c([2H])c([2H])c([2H])c3c(-c3ccccc3)c2c1[2H]. The van der Waals surface area contributed by atoms with E-state index in [4.69, 9.17) is 15.4 Å². The summed E-state index contributed by atoms with van der Waals surface area (Å²) in [7, 11) is 0. The Kier molecular flexibility index (Phi) is 3.54. The van der Waals surface area contributed by atoms with Crippen LogP contribution in [-0.2, 0) is 0 Å². The van der Waals surface area contributed by atoms with Crippen molar-refractivity contribution in [3.05, 3.63) is 182 Å². The molecule has 0 atom stereocenters. The van der Waals surface area contributed by atoms with Gasteiger partial charge in [0.1, 0.15) is 11.3 Å². The number of furan rings is 1. The van der Waals surface area contributed by atoms with Crippen molar-refractivity contribution in [1.82, 2.24) is 0 Å². The molecule has 0 bridgehead atoms. The molecule has 228 valence electrons. The Morgan fingerprint density at radius 1 is 0.347 bits per heavy atom. The molecule has 0 aliphatic rings. The first kappa shape index (κ1) is 15.6. The molecule has 0 aliphatic heterocycles. The number of para-hydroxylation sites is 1. The number of fused-ring (bicyclic) bond motifs is 6. The molecule has 1 heterocycles. The highest BCUT2D eigenvalue weighted by Crippen LogP contribution is 2.51. The molecule has 0 amide bonds. The number of benzene rings is 9. The van der Waals surface area contributed by atoms with Crippen LogP contribution in [-0.4, -0.2) is 0 Å². The zero-order chi connectivity index (χ0) is 47.1. The van der Waals surface area contributed by atoms with Gasteiger partial charge in [-0.25, -0.2) is 0 Å². The summed E-state index contributed by atoms with van der Waals surface area (Å²) < 4.78 is 162. The van der Waals surface area contributed by atoms with Gasteiger partial charge in [0.2, 0.25) is 0 Å². The topological polar surface area (TPSA) is 13.1 Å². The lowest BCUT2D eigenvalue weighted by atomic mass is 9.84. The van der Waals surface area contributed by atoms with Crippen molar-refractivity contribution in [2.75, 3.05) is 0 Å². The molecule has 0 unspecified atom stereocenters. The quantitative estimate of drug-likeness (QED) is 0.138. The Morgan fingerprint density at radius 3 is 1.63 bits per heavy atom. The summed E-state index contributed by atoms with van der Waals surface area (Å²) in [5, 5.41) is -1.78. The summed E-state index contributed by atoms with van der Waals surface area (Å²) in [4.78, 5) is 0. The zero-order valence-corrected chi connectivity index (χ0v) is 25.4. The first-order valence-corrected chi connectivity index (χ1v) is 15.5. The van der Waals surface area contributed by atoms with Gasteiger partial charge >= 0.3 is 0 Å². The highest BCUT2D eigenvalue weighted by Gasteiger charge is 2.26. The van der Waals surface area contributed by atoms with E-state index in [2.05, 4.69) is 0 Å². The van der Waals surface area contributed by atoms with Crippen LogP contribution in [0.15, 0.2) is 186 Å². The maximum atomic E-state index is 9.62. The predicted octanol–water partition coefficient (Wildman–Crippen LogP) is 13.7. The zero-order valence-electron chi connectivity index (χ0n) is 42.4. The van der Waals surface area contributed by atoms with Crippen molar-refractivity contribution in [2.24, 2.45) is 0 Å². The third-order valence-electron chi connectivity index (χ3n) is 8.84. The Hall–Kier alpha value is -6.44. The van der Waals surface area contributed by atoms with Gasteiger partial charge in [0.25, 0.3) is 0 Å². The van der Waals surface area contributed by atoms with Gasteiger partial charge in [0.05, 0.1) is 23.3 Å². The van der Waals surface area contributed by atoms with Crippen molar-refractivity contribution < 1.29 is 27.7 Å². The largest absolute Gasteiger partial charge is 0.455 e. The second kappa shape index (κ2) is 11.1. The molecular weight excluding hydrogens is 593 g/mol. The molecule has 0 fully saturated rings. The summed E-state index contributed by atoms with van der Waals surface area (Å²) in [5.41, 5.74) is 1.10. The number of hydrogen-bond acceptors (Lipinski definition) is 1. The molecule has 0 saturated heterocycles. The van der Waals surface area contributed by atoms with E-state index < -0.39 is 103 Å². The standard InChI is InChI=1S/C48H30O/c1-3-15-31(16-4-1)35-25-13-28-43-46(48(49-47(35)43)42-27-14-26-36-34-20-8-7-17-32(34)29-30-37(36)42)45-40-23-11-9-21-38(40)44(33-18-5-2-6-19-33)39-22-10-12-24-41(39)45/h1-30H/i7D,8D,9D,10D,11D,12D,14D,17D,20D,21D,22D,23D,24D,26D,27D,29D,30D. The smallest absolute Gasteiger partial charge is 0.143 e. The predicted molar refractivity (Wildman–Crippen MR) is 208 cm³/mol. The molecule has 0 saturated carbocycles. The van der Waals surface area contributed by atoms with Gasteiger partial charge in [0, 0.05) is 27.6 Å². The van der Waals surface area contributed by atoms with Crippen LogP contribution < -0.4 is 0 Å². The monoisotopic (exact) mass is 639 g/mol. The molecule has 1 nitrogen and oxygen atoms in total. The van der Waals surface area contributed by atoms with Gasteiger partial charge in [-0.05, 0) is 59.8 Å². The van der Waals surface area contributed by atoms with Crippen molar-refractivity contribution >= 4 is 54.1 Å². The van der Waals surface area contributed by atoms with Crippen molar-refractivity contribution in [3.8, 4) is 44.7 Å². The molecule has 10 aromatic rings. The van der Waals surface area contributed by atoms with Crippen molar-refractivity contribution in [2.45, 2.75) is 0 Å². The highest BCUT2D eigenvalue weighted by molar-refractivity contribution is 6.26. The van der Waals surface area contributed by atoms with E-state index in [1.54, 1.807) is 78.9 Å². The normalized spacial score (nSPS) is 16.5. The van der Waals surface area contributed by atoms with E-state index in [-0.39, 0.29) is 82.1 Å². The first-order valence-electron chi connectivity index (χ1n) is 24.0. The molecular formula is C48H30O. The van der Waals surface area contributed by atoms with Crippen molar-refractivity contribution in [1.29, 1.82) is 0 Å². The fourth-order valence-corrected chi connectivity index (χ4v) is 6.76. The van der Waals surface area contributed by atoms with Crippen LogP contribution in [0.25, 0.3) is 98.8 Å². The minimum Gasteiger partial charge on any atom is -0.455 e. The van der Waals surface area contributed by atoms with E-state index in [0.29, 0.717) is 16.7 Å². The van der Waals surface area contributed by atoms with E-state index in [0.717, 1.165) is 0 Å². The Labute approximate surface area is 308 Å². The maximum absolute atomic E-state index is 9.62. The number of rotatable bonds is 4. The molecule has 1 heteroatoms. The summed E-state index contributed by atoms with van der Waals surface area (Å²) >= 11 is 0. The fraction of sp³-hybridized carbons (Fsp3) is 0. The minimum atomic E-state index is -0.740. The van der Waals surface area contributed by atoms with Gasteiger partial charge in [-0.1, -0.05) is 182 Å². The lowest BCUT2D eigenvalue weighted by molar-refractivity contribution is 0.634. The maximum Gasteiger partial charge on any atom is 0.143 e. The van der Waals surface area contributed by atoms with Crippen LogP contribution in [0.1, 0.15) is 23.3 Å². The molecule has 0 radical (unpaired) electrons. The first-order chi connectivity index (χ1) is 31.4. The average Bonchev–Trinajstić information content (AvgIpc) is 3.71. The van der Waals surface area contributed by atoms with Gasteiger partial charge in [-0.2, -0.15) is 0 Å².